The van der Waals surface area contributed by atoms with Crippen molar-refractivity contribution in [2.45, 2.75) is 0 Å². The van der Waals surface area contributed by atoms with E-state index in [1.807, 2.05) is 35.7 Å². The minimum Gasteiger partial charge on any atom is -0.253 e. The van der Waals surface area contributed by atoms with Gasteiger partial charge in [-0.15, -0.1) is 11.3 Å². The minimum atomic E-state index is 0.576. The van der Waals surface area contributed by atoms with E-state index in [4.69, 9.17) is 23.2 Å². The number of rotatable bonds is 4. The van der Waals surface area contributed by atoms with Gasteiger partial charge < -0.3 is 0 Å². The normalized spacial score (nSPS) is 11.1. The van der Waals surface area contributed by atoms with E-state index in [0.717, 1.165) is 21.3 Å². The molecule has 0 atom stereocenters. The van der Waals surface area contributed by atoms with Crippen molar-refractivity contribution in [3.8, 4) is 11.3 Å². The summed E-state index contributed by atoms with van der Waals surface area (Å²) in [6.45, 7) is 0. The summed E-state index contributed by atoms with van der Waals surface area (Å²) >= 11 is 17.0. The van der Waals surface area contributed by atoms with Crippen molar-refractivity contribution in [2.24, 2.45) is 5.10 Å². The summed E-state index contributed by atoms with van der Waals surface area (Å²) in [4.78, 5) is 4.48. The lowest BCUT2D eigenvalue weighted by atomic mass is 10.2. The lowest BCUT2D eigenvalue weighted by Gasteiger charge is -2.00. The fourth-order valence-corrected chi connectivity index (χ4v) is 3.48. The van der Waals surface area contributed by atoms with Crippen LogP contribution < -0.4 is 5.43 Å². The van der Waals surface area contributed by atoms with Gasteiger partial charge in [0.05, 0.1) is 16.9 Å². The zero-order chi connectivity index (χ0) is 16.2. The van der Waals surface area contributed by atoms with E-state index in [-0.39, 0.29) is 0 Å². The molecule has 3 nitrogen and oxygen atoms in total. The zero-order valence-electron chi connectivity index (χ0n) is 11.6. The van der Waals surface area contributed by atoms with Gasteiger partial charge in [0.15, 0.2) is 0 Å². The number of hydrogen-bond donors (Lipinski definition) is 1. The second-order valence-electron chi connectivity index (χ2n) is 4.59. The number of nitrogens with zero attached hydrogens (tertiary/aromatic N) is 2. The van der Waals surface area contributed by atoms with Gasteiger partial charge in [-0.1, -0.05) is 51.3 Å². The highest BCUT2D eigenvalue weighted by atomic mass is 79.9. The smallest absolute Gasteiger partial charge is 0.203 e. The molecule has 0 aliphatic heterocycles. The Morgan fingerprint density at radius 3 is 2.83 bits per heavy atom. The number of thiazole rings is 1. The lowest BCUT2D eigenvalue weighted by molar-refractivity contribution is 1.29. The molecule has 0 unspecified atom stereocenters. The predicted octanol–water partition coefficient (Wildman–Crippen LogP) is 6.33. The van der Waals surface area contributed by atoms with E-state index < -0.39 is 0 Å². The molecule has 0 radical (unpaired) electrons. The first-order chi connectivity index (χ1) is 11.1. The largest absolute Gasteiger partial charge is 0.253 e. The summed E-state index contributed by atoms with van der Waals surface area (Å²) in [5, 5.41) is 7.99. The van der Waals surface area contributed by atoms with Gasteiger partial charge in [0, 0.05) is 20.4 Å². The van der Waals surface area contributed by atoms with Gasteiger partial charge in [-0.2, -0.15) is 5.10 Å². The summed E-state index contributed by atoms with van der Waals surface area (Å²) < 4.78 is 1.01. The molecule has 0 amide bonds. The maximum Gasteiger partial charge on any atom is 0.203 e. The molecular formula is C16H10BrCl2N3S. The monoisotopic (exact) mass is 425 g/mol. The molecule has 1 aromatic heterocycles. The first-order valence-electron chi connectivity index (χ1n) is 6.57. The Balaban J connectivity index is 1.72. The van der Waals surface area contributed by atoms with Gasteiger partial charge in [0.2, 0.25) is 5.13 Å². The van der Waals surface area contributed by atoms with E-state index in [1.165, 1.54) is 11.3 Å². The molecule has 0 fully saturated rings. The summed E-state index contributed by atoms with van der Waals surface area (Å²) in [5.41, 5.74) is 5.55. The molecule has 1 N–H and O–H groups in total. The van der Waals surface area contributed by atoms with E-state index in [9.17, 15) is 0 Å². The predicted molar refractivity (Wildman–Crippen MR) is 103 cm³/mol. The summed E-state index contributed by atoms with van der Waals surface area (Å²) in [5.74, 6) is 0. The Labute approximate surface area is 156 Å². The van der Waals surface area contributed by atoms with Gasteiger partial charge in [-0.3, -0.25) is 5.43 Å². The number of halogens is 3. The van der Waals surface area contributed by atoms with Crippen molar-refractivity contribution in [1.29, 1.82) is 0 Å². The van der Waals surface area contributed by atoms with Crippen molar-refractivity contribution in [2.75, 3.05) is 5.43 Å². The topological polar surface area (TPSA) is 37.3 Å². The third-order valence-electron chi connectivity index (χ3n) is 2.93. The SMILES string of the molecule is Clc1ccc(-c2csc(N/N=C/c3cccc(Br)c3)n2)c(Cl)c1. The number of anilines is 1. The number of hydrazone groups is 1. The first-order valence-corrected chi connectivity index (χ1v) is 9.00. The van der Waals surface area contributed by atoms with Crippen LogP contribution in [0.5, 0.6) is 0 Å². The van der Waals surface area contributed by atoms with Crippen molar-refractivity contribution in [3.05, 3.63) is 67.9 Å². The number of benzene rings is 2. The number of hydrogen-bond acceptors (Lipinski definition) is 4. The molecular weight excluding hydrogens is 417 g/mol. The van der Waals surface area contributed by atoms with E-state index >= 15 is 0 Å². The van der Waals surface area contributed by atoms with Crippen LogP contribution in [0.1, 0.15) is 5.56 Å². The molecule has 2 aromatic carbocycles. The van der Waals surface area contributed by atoms with Crippen LogP contribution in [-0.2, 0) is 0 Å². The maximum absolute atomic E-state index is 6.20. The Morgan fingerprint density at radius 2 is 2.04 bits per heavy atom. The van der Waals surface area contributed by atoms with Gasteiger partial charge in [-0.05, 0) is 35.9 Å². The molecule has 3 rings (SSSR count). The van der Waals surface area contributed by atoms with Gasteiger partial charge in [0.25, 0.3) is 0 Å². The van der Waals surface area contributed by atoms with Crippen LogP contribution in [0.3, 0.4) is 0 Å². The quantitative estimate of drug-likeness (QED) is 0.391. The molecule has 0 aliphatic rings. The van der Waals surface area contributed by atoms with Crippen molar-refractivity contribution in [1.82, 2.24) is 4.98 Å². The molecule has 0 aliphatic carbocycles. The molecule has 1 heterocycles. The van der Waals surface area contributed by atoms with Crippen LogP contribution in [0.2, 0.25) is 10.0 Å². The van der Waals surface area contributed by atoms with Gasteiger partial charge in [-0.25, -0.2) is 4.98 Å². The number of aromatic nitrogens is 1. The summed E-state index contributed by atoms with van der Waals surface area (Å²) in [6, 6.07) is 13.2. The molecule has 0 bridgehead atoms. The average molecular weight is 427 g/mol. The highest BCUT2D eigenvalue weighted by molar-refractivity contribution is 9.10. The lowest BCUT2D eigenvalue weighted by Crippen LogP contribution is -1.90. The van der Waals surface area contributed by atoms with Crippen LogP contribution in [0.15, 0.2) is 57.4 Å². The fraction of sp³-hybridized carbons (Fsp3) is 0. The molecule has 116 valence electrons. The molecule has 0 spiro atoms. The van der Waals surface area contributed by atoms with Crippen LogP contribution in [0.25, 0.3) is 11.3 Å². The molecule has 3 aromatic rings. The Bertz CT molecular complexity index is 864. The van der Waals surface area contributed by atoms with E-state index in [2.05, 4.69) is 31.4 Å². The highest BCUT2D eigenvalue weighted by Gasteiger charge is 2.08. The average Bonchev–Trinajstić information content (AvgIpc) is 2.96. The maximum atomic E-state index is 6.20. The van der Waals surface area contributed by atoms with Crippen LogP contribution in [-0.4, -0.2) is 11.2 Å². The second-order valence-corrected chi connectivity index (χ2v) is 7.20. The van der Waals surface area contributed by atoms with E-state index in [0.29, 0.717) is 15.2 Å². The third kappa shape index (κ3) is 4.32. The minimum absolute atomic E-state index is 0.576. The molecule has 0 saturated carbocycles. The highest BCUT2D eigenvalue weighted by Crippen LogP contribution is 2.32. The first kappa shape index (κ1) is 16.5. The second kappa shape index (κ2) is 7.45. The summed E-state index contributed by atoms with van der Waals surface area (Å²) in [6.07, 6.45) is 1.74. The van der Waals surface area contributed by atoms with Gasteiger partial charge >= 0.3 is 0 Å². The zero-order valence-corrected chi connectivity index (χ0v) is 15.5. The van der Waals surface area contributed by atoms with Crippen molar-refractivity contribution in [3.63, 3.8) is 0 Å². The van der Waals surface area contributed by atoms with Crippen LogP contribution in [0.4, 0.5) is 5.13 Å². The Morgan fingerprint density at radius 1 is 1.17 bits per heavy atom. The molecule has 23 heavy (non-hydrogen) atoms. The molecule has 7 heteroatoms. The Hall–Kier alpha value is -1.40. The summed E-state index contributed by atoms with van der Waals surface area (Å²) in [7, 11) is 0. The van der Waals surface area contributed by atoms with Crippen LogP contribution in [0, 0.1) is 0 Å². The van der Waals surface area contributed by atoms with Crippen molar-refractivity contribution < 1.29 is 0 Å². The molecule has 0 saturated heterocycles. The standard InChI is InChI=1S/C16H10BrCl2N3S/c17-11-3-1-2-10(6-11)8-20-22-16-21-15(9-23-16)13-5-4-12(18)7-14(13)19/h1-9H,(H,21,22)/b20-8+. The van der Waals surface area contributed by atoms with E-state index in [1.54, 1.807) is 18.3 Å². The Kier molecular flexibility index (Phi) is 5.33. The fourth-order valence-electron chi connectivity index (χ4n) is 1.89. The van der Waals surface area contributed by atoms with Gasteiger partial charge in [0.1, 0.15) is 0 Å². The third-order valence-corrected chi connectivity index (χ3v) is 4.72. The number of nitrogens with one attached hydrogen (secondary N) is 1. The van der Waals surface area contributed by atoms with Crippen LogP contribution >= 0.6 is 50.5 Å². The van der Waals surface area contributed by atoms with Crippen molar-refractivity contribution >= 4 is 61.8 Å².